The normalized spacial score (nSPS) is 16.3. The molecule has 1 aromatic carbocycles. The Morgan fingerprint density at radius 1 is 1.53 bits per heavy atom. The van der Waals surface area contributed by atoms with E-state index in [2.05, 4.69) is 0 Å². The van der Waals surface area contributed by atoms with Crippen LogP contribution in [0.4, 0.5) is 0 Å². The average molecular weight is 236 g/mol. The smallest absolute Gasteiger partial charge is 0.312 e. The number of phenolic OH excluding ortho intramolecular Hbond substituents is 1. The van der Waals surface area contributed by atoms with Gasteiger partial charge in [0.1, 0.15) is 18.1 Å². The van der Waals surface area contributed by atoms with Crippen molar-refractivity contribution >= 4 is 5.97 Å². The number of hydrogen-bond donors (Lipinski definition) is 1. The van der Waals surface area contributed by atoms with Crippen molar-refractivity contribution in [3.8, 4) is 11.5 Å². The largest absolute Gasteiger partial charge is 0.508 e. The molecule has 1 aliphatic carbocycles. The van der Waals surface area contributed by atoms with Gasteiger partial charge in [-0.05, 0) is 30.9 Å². The van der Waals surface area contributed by atoms with Gasteiger partial charge in [0, 0.05) is 6.07 Å². The van der Waals surface area contributed by atoms with E-state index in [4.69, 9.17) is 9.47 Å². The van der Waals surface area contributed by atoms with E-state index in [-0.39, 0.29) is 17.6 Å². The van der Waals surface area contributed by atoms with Crippen molar-refractivity contribution < 1.29 is 19.4 Å². The highest BCUT2D eigenvalue weighted by Crippen LogP contribution is 2.37. The zero-order chi connectivity index (χ0) is 12.3. The summed E-state index contributed by atoms with van der Waals surface area (Å²) in [6.07, 6.45) is 2.12. The second kappa shape index (κ2) is 5.08. The molecule has 2 rings (SSSR count). The highest BCUT2D eigenvalue weighted by Gasteiger charge is 2.37. The van der Waals surface area contributed by atoms with E-state index in [0.717, 1.165) is 12.8 Å². The molecule has 1 fully saturated rings. The summed E-state index contributed by atoms with van der Waals surface area (Å²) in [4.78, 5) is 11.5. The summed E-state index contributed by atoms with van der Waals surface area (Å²) in [5.41, 5.74) is 0. The average Bonchev–Trinajstić information content (AvgIpc) is 3.13. The van der Waals surface area contributed by atoms with Gasteiger partial charge in [-0.3, -0.25) is 4.79 Å². The number of aromatic hydroxyl groups is 1. The second-order valence-electron chi connectivity index (χ2n) is 4.28. The third-order valence-electron chi connectivity index (χ3n) is 2.94. The Balaban J connectivity index is 1.93. The van der Waals surface area contributed by atoms with Crippen LogP contribution in [0.1, 0.15) is 12.8 Å². The molecule has 1 atom stereocenters. The van der Waals surface area contributed by atoms with E-state index in [1.54, 1.807) is 18.2 Å². The van der Waals surface area contributed by atoms with Crippen molar-refractivity contribution in [2.75, 3.05) is 13.7 Å². The molecule has 0 amide bonds. The maximum absolute atomic E-state index is 11.5. The standard InChI is InChI=1S/C13H16O4/c1-16-13(15)12(9-5-6-9)8-17-11-4-2-3-10(14)7-11/h2-4,7,9,12,14H,5-6,8H2,1H3. The lowest BCUT2D eigenvalue weighted by Gasteiger charge is -2.14. The molecule has 1 saturated carbocycles. The first-order valence-electron chi connectivity index (χ1n) is 5.70. The molecule has 4 heteroatoms. The summed E-state index contributed by atoms with van der Waals surface area (Å²) in [5.74, 6) is 0.706. The van der Waals surface area contributed by atoms with Crippen LogP contribution in [-0.2, 0) is 9.53 Å². The van der Waals surface area contributed by atoms with Crippen LogP contribution < -0.4 is 4.74 Å². The van der Waals surface area contributed by atoms with Crippen LogP contribution in [0.15, 0.2) is 24.3 Å². The number of carbonyl (C=O) groups is 1. The minimum atomic E-state index is -0.215. The molecule has 0 aromatic heterocycles. The zero-order valence-corrected chi connectivity index (χ0v) is 9.76. The van der Waals surface area contributed by atoms with E-state index >= 15 is 0 Å². The number of carbonyl (C=O) groups excluding carboxylic acids is 1. The SMILES string of the molecule is COC(=O)C(COc1cccc(O)c1)C1CC1. The van der Waals surface area contributed by atoms with Gasteiger partial charge >= 0.3 is 5.97 Å². The first kappa shape index (κ1) is 11.8. The Morgan fingerprint density at radius 2 is 2.29 bits per heavy atom. The lowest BCUT2D eigenvalue weighted by Crippen LogP contribution is -2.25. The van der Waals surface area contributed by atoms with Crippen molar-refractivity contribution in [3.63, 3.8) is 0 Å². The van der Waals surface area contributed by atoms with Gasteiger partial charge in [0.25, 0.3) is 0 Å². The fraction of sp³-hybridized carbons (Fsp3) is 0.462. The Hall–Kier alpha value is -1.71. The van der Waals surface area contributed by atoms with Crippen LogP contribution in [-0.4, -0.2) is 24.8 Å². The van der Waals surface area contributed by atoms with Crippen LogP contribution in [0.25, 0.3) is 0 Å². The highest BCUT2D eigenvalue weighted by atomic mass is 16.5. The maximum atomic E-state index is 11.5. The fourth-order valence-corrected chi connectivity index (χ4v) is 1.81. The highest BCUT2D eigenvalue weighted by molar-refractivity contribution is 5.73. The molecule has 1 N–H and O–H groups in total. The van der Waals surface area contributed by atoms with E-state index < -0.39 is 0 Å². The number of esters is 1. The van der Waals surface area contributed by atoms with Gasteiger partial charge in [-0.25, -0.2) is 0 Å². The third kappa shape index (κ3) is 3.12. The second-order valence-corrected chi connectivity index (χ2v) is 4.28. The van der Waals surface area contributed by atoms with Crippen LogP contribution in [0.5, 0.6) is 11.5 Å². The number of rotatable bonds is 5. The Morgan fingerprint density at radius 3 is 2.88 bits per heavy atom. The summed E-state index contributed by atoms with van der Waals surface area (Å²) < 4.78 is 10.3. The summed E-state index contributed by atoms with van der Waals surface area (Å²) >= 11 is 0. The van der Waals surface area contributed by atoms with E-state index in [0.29, 0.717) is 18.3 Å². The van der Waals surface area contributed by atoms with Crippen molar-refractivity contribution in [1.82, 2.24) is 0 Å². The molecule has 0 bridgehead atoms. The van der Waals surface area contributed by atoms with Crippen LogP contribution in [0, 0.1) is 11.8 Å². The van der Waals surface area contributed by atoms with Gasteiger partial charge in [0.05, 0.1) is 13.0 Å². The van der Waals surface area contributed by atoms with Crippen molar-refractivity contribution in [2.24, 2.45) is 11.8 Å². The molecule has 1 aromatic rings. The summed E-state index contributed by atoms with van der Waals surface area (Å²) in [6.45, 7) is 0.306. The van der Waals surface area contributed by atoms with Gasteiger partial charge in [0.2, 0.25) is 0 Å². The zero-order valence-electron chi connectivity index (χ0n) is 9.76. The van der Waals surface area contributed by atoms with Crippen molar-refractivity contribution in [1.29, 1.82) is 0 Å². The predicted octanol–water partition coefficient (Wildman–Crippen LogP) is 1.97. The molecule has 1 aliphatic rings. The van der Waals surface area contributed by atoms with Crippen LogP contribution in [0.2, 0.25) is 0 Å². The molecule has 4 nitrogen and oxygen atoms in total. The minimum absolute atomic E-state index is 0.156. The fourth-order valence-electron chi connectivity index (χ4n) is 1.81. The van der Waals surface area contributed by atoms with Crippen molar-refractivity contribution in [3.05, 3.63) is 24.3 Å². The van der Waals surface area contributed by atoms with Gasteiger partial charge < -0.3 is 14.6 Å². The molecular weight excluding hydrogens is 220 g/mol. The lowest BCUT2D eigenvalue weighted by atomic mass is 10.1. The molecule has 0 aliphatic heterocycles. The minimum Gasteiger partial charge on any atom is -0.508 e. The Labute approximate surface area is 100 Å². The molecule has 1 unspecified atom stereocenters. The Bertz CT molecular complexity index is 398. The topological polar surface area (TPSA) is 55.8 Å². The number of benzene rings is 1. The van der Waals surface area contributed by atoms with Crippen molar-refractivity contribution in [2.45, 2.75) is 12.8 Å². The molecule has 0 radical (unpaired) electrons. The molecule has 0 saturated heterocycles. The van der Waals surface area contributed by atoms with Crippen LogP contribution >= 0.6 is 0 Å². The van der Waals surface area contributed by atoms with Gasteiger partial charge in [-0.2, -0.15) is 0 Å². The van der Waals surface area contributed by atoms with Crippen LogP contribution in [0.3, 0.4) is 0 Å². The number of methoxy groups -OCH3 is 1. The maximum Gasteiger partial charge on any atom is 0.312 e. The number of hydrogen-bond acceptors (Lipinski definition) is 4. The number of phenols is 1. The van der Waals surface area contributed by atoms with E-state index in [1.807, 2.05) is 0 Å². The molecule has 17 heavy (non-hydrogen) atoms. The Kier molecular flexibility index (Phi) is 3.52. The molecule has 0 spiro atoms. The predicted molar refractivity (Wildman–Crippen MR) is 61.8 cm³/mol. The lowest BCUT2D eigenvalue weighted by molar-refractivity contribution is -0.147. The first-order chi connectivity index (χ1) is 8.20. The summed E-state index contributed by atoms with van der Waals surface area (Å²) in [5, 5.41) is 9.28. The molecular formula is C13H16O4. The third-order valence-corrected chi connectivity index (χ3v) is 2.94. The first-order valence-corrected chi connectivity index (χ1v) is 5.70. The monoisotopic (exact) mass is 236 g/mol. The summed E-state index contributed by atoms with van der Waals surface area (Å²) in [7, 11) is 1.39. The van der Waals surface area contributed by atoms with Gasteiger partial charge in [0.15, 0.2) is 0 Å². The van der Waals surface area contributed by atoms with Gasteiger partial charge in [-0.15, -0.1) is 0 Å². The van der Waals surface area contributed by atoms with E-state index in [9.17, 15) is 9.90 Å². The number of ether oxygens (including phenoxy) is 2. The summed E-state index contributed by atoms with van der Waals surface area (Å²) in [6, 6.07) is 6.56. The molecule has 92 valence electrons. The quantitative estimate of drug-likeness (QED) is 0.794. The van der Waals surface area contributed by atoms with E-state index in [1.165, 1.54) is 13.2 Å². The molecule has 0 heterocycles. The van der Waals surface area contributed by atoms with Gasteiger partial charge in [-0.1, -0.05) is 6.07 Å².